The molecule has 0 aromatic heterocycles. The molecule has 1 aliphatic heterocycles. The summed E-state index contributed by atoms with van der Waals surface area (Å²) in [4.78, 5) is 13.6. The minimum absolute atomic E-state index is 0.170. The summed E-state index contributed by atoms with van der Waals surface area (Å²) in [6.07, 6.45) is 1.71. The number of rotatable bonds is 6. The molecular weight excluding hydrogens is 432 g/mol. The molecule has 33 heavy (non-hydrogen) atoms. The zero-order chi connectivity index (χ0) is 23.4. The minimum Gasteiger partial charge on any atom is -0.341 e. The quantitative estimate of drug-likeness (QED) is 0.565. The van der Waals surface area contributed by atoms with Crippen molar-refractivity contribution < 1.29 is 13.2 Å². The zero-order valence-corrected chi connectivity index (χ0v) is 19.9. The molecule has 6 heteroatoms. The predicted molar refractivity (Wildman–Crippen MR) is 131 cm³/mol. The second-order valence-corrected chi connectivity index (χ2v) is 10.7. The molecule has 0 atom stereocenters. The van der Waals surface area contributed by atoms with Gasteiger partial charge in [-0.1, -0.05) is 73.7 Å². The lowest BCUT2D eigenvalue weighted by molar-refractivity contribution is 0.0942. The van der Waals surface area contributed by atoms with E-state index in [0.29, 0.717) is 24.6 Å². The van der Waals surface area contributed by atoms with Gasteiger partial charge in [0.2, 0.25) is 10.0 Å². The Balaban J connectivity index is 1.64. The van der Waals surface area contributed by atoms with Gasteiger partial charge in [-0.2, -0.15) is 4.31 Å². The van der Waals surface area contributed by atoms with Crippen LogP contribution >= 0.6 is 0 Å². The van der Waals surface area contributed by atoms with Crippen molar-refractivity contribution >= 4 is 15.9 Å². The lowest BCUT2D eigenvalue weighted by Crippen LogP contribution is -2.38. The van der Waals surface area contributed by atoms with E-state index in [4.69, 9.17) is 0 Å². The third-order valence-corrected chi connectivity index (χ3v) is 8.27. The van der Waals surface area contributed by atoms with Crippen LogP contribution in [0.3, 0.4) is 0 Å². The normalized spacial score (nSPS) is 15.5. The molecule has 3 aromatic carbocycles. The van der Waals surface area contributed by atoms with Gasteiger partial charge in [-0.15, -0.1) is 0 Å². The van der Waals surface area contributed by atoms with Crippen molar-refractivity contribution in [1.29, 1.82) is 0 Å². The number of sulfonamides is 1. The lowest BCUT2D eigenvalue weighted by atomic mass is 9.98. The third-order valence-electron chi connectivity index (χ3n) is 6.38. The first-order valence-electron chi connectivity index (χ1n) is 11.4. The van der Waals surface area contributed by atoms with Crippen LogP contribution in [0.1, 0.15) is 52.9 Å². The Hall–Kier alpha value is -2.96. The van der Waals surface area contributed by atoms with Gasteiger partial charge in [0, 0.05) is 18.7 Å². The number of aryl methyl sites for hydroxylation is 1. The van der Waals surface area contributed by atoms with E-state index in [1.54, 1.807) is 12.1 Å². The Bertz CT molecular complexity index is 1160. The van der Waals surface area contributed by atoms with Gasteiger partial charge in [-0.3, -0.25) is 4.79 Å². The van der Waals surface area contributed by atoms with Gasteiger partial charge in [0.15, 0.2) is 0 Å². The number of benzene rings is 3. The molecule has 4 rings (SSSR count). The van der Waals surface area contributed by atoms with Gasteiger partial charge in [0.25, 0.3) is 5.91 Å². The molecular formula is C27H30N2O3S. The smallest absolute Gasteiger partial charge is 0.252 e. The summed E-state index contributed by atoms with van der Waals surface area (Å²) in [5.41, 5.74) is 3.03. The molecule has 1 saturated heterocycles. The van der Waals surface area contributed by atoms with Crippen molar-refractivity contribution in [2.45, 2.75) is 37.6 Å². The molecule has 0 aliphatic carbocycles. The van der Waals surface area contributed by atoms with E-state index in [1.165, 1.54) is 10.4 Å². The van der Waals surface area contributed by atoms with Crippen molar-refractivity contribution in [3.8, 4) is 0 Å². The maximum Gasteiger partial charge on any atom is 0.252 e. The van der Waals surface area contributed by atoms with E-state index in [2.05, 4.69) is 12.2 Å². The van der Waals surface area contributed by atoms with E-state index in [1.807, 2.05) is 67.6 Å². The number of carbonyl (C=O) groups excluding carboxylic acids is 1. The van der Waals surface area contributed by atoms with Gasteiger partial charge in [0.05, 0.1) is 10.9 Å². The molecule has 0 radical (unpaired) electrons. The fourth-order valence-corrected chi connectivity index (χ4v) is 5.74. The number of hydrogen-bond acceptors (Lipinski definition) is 3. The van der Waals surface area contributed by atoms with Gasteiger partial charge in [-0.25, -0.2) is 8.42 Å². The van der Waals surface area contributed by atoms with Crippen molar-refractivity contribution in [2.24, 2.45) is 5.92 Å². The first-order chi connectivity index (χ1) is 15.9. The molecule has 1 amide bonds. The van der Waals surface area contributed by atoms with Gasteiger partial charge in [0.1, 0.15) is 0 Å². The van der Waals surface area contributed by atoms with Crippen LogP contribution in [0.2, 0.25) is 0 Å². The maximum absolute atomic E-state index is 13.4. The Labute approximate surface area is 196 Å². The molecule has 172 valence electrons. The molecule has 5 nitrogen and oxygen atoms in total. The second kappa shape index (κ2) is 9.89. The average Bonchev–Trinajstić information content (AvgIpc) is 2.84. The van der Waals surface area contributed by atoms with E-state index in [0.717, 1.165) is 29.5 Å². The van der Waals surface area contributed by atoms with Crippen molar-refractivity contribution in [3.05, 3.63) is 101 Å². The summed E-state index contributed by atoms with van der Waals surface area (Å²) < 4.78 is 28.0. The van der Waals surface area contributed by atoms with Crippen LogP contribution in [0.4, 0.5) is 0 Å². The highest BCUT2D eigenvalue weighted by Gasteiger charge is 2.29. The molecule has 0 spiro atoms. The fourth-order valence-electron chi connectivity index (χ4n) is 4.24. The summed E-state index contributed by atoms with van der Waals surface area (Å²) in [5, 5.41) is 3.12. The van der Waals surface area contributed by atoms with Gasteiger partial charge < -0.3 is 5.32 Å². The monoisotopic (exact) mass is 462 g/mol. The van der Waals surface area contributed by atoms with Crippen LogP contribution < -0.4 is 5.32 Å². The topological polar surface area (TPSA) is 66.5 Å². The lowest BCUT2D eigenvalue weighted by Gasteiger charge is -2.29. The number of hydrogen-bond donors (Lipinski definition) is 1. The predicted octanol–water partition coefficient (Wildman–Crippen LogP) is 4.94. The minimum atomic E-state index is -3.64. The van der Waals surface area contributed by atoms with E-state index < -0.39 is 10.0 Å². The van der Waals surface area contributed by atoms with E-state index >= 15 is 0 Å². The molecule has 1 fully saturated rings. The number of piperidine rings is 1. The molecule has 3 aromatic rings. The molecule has 0 bridgehead atoms. The second-order valence-electron chi connectivity index (χ2n) is 8.79. The van der Waals surface area contributed by atoms with E-state index in [9.17, 15) is 13.2 Å². The van der Waals surface area contributed by atoms with Crippen molar-refractivity contribution in [2.75, 3.05) is 13.1 Å². The third kappa shape index (κ3) is 5.18. The first kappa shape index (κ1) is 23.2. The number of carbonyl (C=O) groups is 1. The van der Waals surface area contributed by atoms with Crippen LogP contribution in [0.25, 0.3) is 0 Å². The highest BCUT2D eigenvalue weighted by molar-refractivity contribution is 7.89. The largest absolute Gasteiger partial charge is 0.341 e. The first-order valence-corrected chi connectivity index (χ1v) is 12.8. The number of nitrogens with one attached hydrogen (secondary N) is 1. The van der Waals surface area contributed by atoms with Crippen LogP contribution in [-0.4, -0.2) is 31.7 Å². The summed E-state index contributed by atoms with van der Waals surface area (Å²) in [6.45, 7) is 5.01. The fraction of sp³-hybridized carbons (Fsp3) is 0.296. The summed E-state index contributed by atoms with van der Waals surface area (Å²) in [6, 6.07) is 24.0. The van der Waals surface area contributed by atoms with Crippen LogP contribution in [0, 0.1) is 12.8 Å². The SMILES string of the molecule is Cc1ccc(S(=O)(=O)N2CCC(C)CC2)cc1C(=O)NC(c1ccccc1)c1ccccc1. The van der Waals surface area contributed by atoms with Crippen LogP contribution in [0.5, 0.6) is 0 Å². The van der Waals surface area contributed by atoms with Gasteiger partial charge >= 0.3 is 0 Å². The van der Waals surface area contributed by atoms with Crippen LogP contribution in [-0.2, 0) is 10.0 Å². The molecule has 1 heterocycles. The van der Waals surface area contributed by atoms with Crippen molar-refractivity contribution in [1.82, 2.24) is 9.62 Å². The Morgan fingerprint density at radius 2 is 1.45 bits per heavy atom. The standard InChI is InChI=1S/C27H30N2O3S/c1-20-15-17-29(18-16-20)33(31,32)24-14-13-21(2)25(19-24)27(30)28-26(22-9-5-3-6-10-22)23-11-7-4-8-12-23/h3-14,19-20,26H,15-18H2,1-2H3,(H,28,30). The number of amides is 1. The molecule has 0 unspecified atom stereocenters. The molecule has 1 aliphatic rings. The summed E-state index contributed by atoms with van der Waals surface area (Å²) >= 11 is 0. The molecule has 1 N–H and O–H groups in total. The Morgan fingerprint density at radius 1 is 0.909 bits per heavy atom. The average molecular weight is 463 g/mol. The highest BCUT2D eigenvalue weighted by Crippen LogP contribution is 2.26. The number of nitrogens with zero attached hydrogens (tertiary/aromatic N) is 1. The van der Waals surface area contributed by atoms with Gasteiger partial charge in [-0.05, 0) is 54.5 Å². The van der Waals surface area contributed by atoms with Crippen molar-refractivity contribution in [3.63, 3.8) is 0 Å². The van der Waals surface area contributed by atoms with Crippen LogP contribution in [0.15, 0.2) is 83.8 Å². The zero-order valence-electron chi connectivity index (χ0n) is 19.1. The Morgan fingerprint density at radius 3 is 2.00 bits per heavy atom. The van der Waals surface area contributed by atoms with E-state index in [-0.39, 0.29) is 16.8 Å². The summed E-state index contributed by atoms with van der Waals surface area (Å²) in [5.74, 6) is 0.234. The maximum atomic E-state index is 13.4. The summed E-state index contributed by atoms with van der Waals surface area (Å²) in [7, 11) is -3.64. The molecule has 0 saturated carbocycles. The Kier molecular flexibility index (Phi) is 6.96. The highest BCUT2D eigenvalue weighted by atomic mass is 32.2.